The van der Waals surface area contributed by atoms with Crippen molar-refractivity contribution in [2.24, 2.45) is 7.05 Å². The number of aliphatic hydroxyl groups excluding tert-OH is 1. The number of rotatable bonds is 2. The van der Waals surface area contributed by atoms with E-state index in [9.17, 15) is 5.11 Å². The van der Waals surface area contributed by atoms with E-state index in [0.29, 0.717) is 0 Å². The van der Waals surface area contributed by atoms with Gasteiger partial charge in [-0.25, -0.2) is 0 Å². The van der Waals surface area contributed by atoms with E-state index < -0.39 is 6.10 Å². The first kappa shape index (κ1) is 9.03. The van der Waals surface area contributed by atoms with Crippen LogP contribution in [0.15, 0.2) is 48.8 Å². The number of aryl methyl sites for hydroxylation is 1. The number of nitrogens with zero attached hydrogens (tertiary/aromatic N) is 1. The smallest absolute Gasteiger partial charge is 0.106 e. The summed E-state index contributed by atoms with van der Waals surface area (Å²) in [5.41, 5.74) is 1.86. The summed E-state index contributed by atoms with van der Waals surface area (Å²) in [6.07, 6.45) is 3.34. The van der Waals surface area contributed by atoms with Crippen LogP contribution in [0.5, 0.6) is 0 Å². The molecule has 1 heterocycles. The van der Waals surface area contributed by atoms with Crippen LogP contribution in [-0.4, -0.2) is 9.67 Å². The molecule has 0 aliphatic heterocycles. The molecule has 2 rings (SSSR count). The molecule has 2 nitrogen and oxygen atoms in total. The lowest BCUT2D eigenvalue weighted by atomic mass is 10.0. The minimum absolute atomic E-state index is 0.516. The number of hydrogen-bond donors (Lipinski definition) is 1. The van der Waals surface area contributed by atoms with Gasteiger partial charge in [0.05, 0.1) is 0 Å². The van der Waals surface area contributed by atoms with Crippen molar-refractivity contribution in [3.63, 3.8) is 0 Å². The quantitative estimate of drug-likeness (QED) is 0.765. The van der Waals surface area contributed by atoms with Crippen molar-refractivity contribution < 1.29 is 5.11 Å². The molecule has 1 unspecified atom stereocenters. The van der Waals surface area contributed by atoms with Crippen molar-refractivity contribution in [2.45, 2.75) is 6.10 Å². The summed E-state index contributed by atoms with van der Waals surface area (Å²) >= 11 is 0. The molecule has 1 aromatic carbocycles. The van der Waals surface area contributed by atoms with Crippen LogP contribution in [0.25, 0.3) is 0 Å². The summed E-state index contributed by atoms with van der Waals surface area (Å²) in [6.45, 7) is 0. The zero-order valence-electron chi connectivity index (χ0n) is 8.09. The Kier molecular flexibility index (Phi) is 2.37. The number of aliphatic hydroxyl groups is 1. The van der Waals surface area contributed by atoms with Crippen molar-refractivity contribution in [3.05, 3.63) is 59.9 Å². The topological polar surface area (TPSA) is 25.2 Å². The molecule has 0 aliphatic carbocycles. The van der Waals surface area contributed by atoms with E-state index in [0.717, 1.165) is 11.1 Å². The summed E-state index contributed by atoms with van der Waals surface area (Å²) in [5.74, 6) is 0. The van der Waals surface area contributed by atoms with E-state index in [2.05, 4.69) is 0 Å². The van der Waals surface area contributed by atoms with Gasteiger partial charge in [-0.2, -0.15) is 0 Å². The van der Waals surface area contributed by atoms with E-state index >= 15 is 0 Å². The fraction of sp³-hybridized carbons (Fsp3) is 0.167. The molecule has 72 valence electrons. The summed E-state index contributed by atoms with van der Waals surface area (Å²) in [7, 11) is 1.95. The zero-order chi connectivity index (χ0) is 9.97. The van der Waals surface area contributed by atoms with E-state index in [4.69, 9.17) is 0 Å². The molecule has 1 N–H and O–H groups in total. The van der Waals surface area contributed by atoms with Gasteiger partial charge in [-0.15, -0.1) is 0 Å². The van der Waals surface area contributed by atoms with Crippen LogP contribution >= 0.6 is 0 Å². The lowest BCUT2D eigenvalue weighted by Gasteiger charge is -2.08. The SMILES string of the molecule is Cn1ccc(C(O)c2ccccc2)c1. The molecular formula is C12H13NO. The van der Waals surface area contributed by atoms with Crippen LogP contribution in [0.4, 0.5) is 0 Å². The van der Waals surface area contributed by atoms with Crippen LogP contribution in [0, 0.1) is 0 Å². The normalized spacial score (nSPS) is 12.7. The Bertz CT molecular complexity index is 405. The molecule has 1 aromatic heterocycles. The minimum atomic E-state index is -0.516. The van der Waals surface area contributed by atoms with Gasteiger partial charge in [-0.05, 0) is 11.6 Å². The lowest BCUT2D eigenvalue weighted by Crippen LogP contribution is -1.97. The average Bonchev–Trinajstić information content (AvgIpc) is 2.65. The highest BCUT2D eigenvalue weighted by Crippen LogP contribution is 2.21. The molecule has 2 heteroatoms. The van der Waals surface area contributed by atoms with Crippen molar-refractivity contribution in [2.75, 3.05) is 0 Å². The molecule has 0 amide bonds. The average molecular weight is 187 g/mol. The van der Waals surface area contributed by atoms with Crippen LogP contribution in [-0.2, 0) is 7.05 Å². The number of aromatic nitrogens is 1. The standard InChI is InChI=1S/C12H13NO/c1-13-8-7-11(9-13)12(14)10-5-3-2-4-6-10/h2-9,12,14H,1H3. The summed E-state index contributed by atoms with van der Waals surface area (Å²) in [5, 5.41) is 9.99. The maximum Gasteiger partial charge on any atom is 0.106 e. The highest BCUT2D eigenvalue weighted by Gasteiger charge is 2.09. The Morgan fingerprint density at radius 2 is 1.79 bits per heavy atom. The molecule has 0 saturated carbocycles. The maximum atomic E-state index is 9.99. The van der Waals surface area contributed by atoms with Gasteiger partial charge in [0.2, 0.25) is 0 Å². The second-order valence-electron chi connectivity index (χ2n) is 3.42. The summed E-state index contributed by atoms with van der Waals surface area (Å²) in [4.78, 5) is 0. The predicted octanol–water partition coefficient (Wildman–Crippen LogP) is 2.11. The Balaban J connectivity index is 2.29. The van der Waals surface area contributed by atoms with Crippen LogP contribution in [0.3, 0.4) is 0 Å². The monoisotopic (exact) mass is 187 g/mol. The largest absolute Gasteiger partial charge is 0.384 e. The summed E-state index contributed by atoms with van der Waals surface area (Å²) < 4.78 is 1.93. The highest BCUT2D eigenvalue weighted by atomic mass is 16.3. The van der Waals surface area contributed by atoms with E-state index in [-0.39, 0.29) is 0 Å². The molecule has 0 bridgehead atoms. The van der Waals surface area contributed by atoms with Crippen LogP contribution < -0.4 is 0 Å². The van der Waals surface area contributed by atoms with Crippen LogP contribution in [0.1, 0.15) is 17.2 Å². The van der Waals surface area contributed by atoms with Gasteiger partial charge in [0.15, 0.2) is 0 Å². The van der Waals surface area contributed by atoms with Crippen molar-refractivity contribution >= 4 is 0 Å². The van der Waals surface area contributed by atoms with E-state index in [1.165, 1.54) is 0 Å². The molecule has 0 saturated heterocycles. The Morgan fingerprint density at radius 1 is 1.07 bits per heavy atom. The minimum Gasteiger partial charge on any atom is -0.384 e. The number of hydrogen-bond acceptors (Lipinski definition) is 1. The molecule has 14 heavy (non-hydrogen) atoms. The van der Waals surface area contributed by atoms with E-state index in [1.807, 2.05) is 60.4 Å². The van der Waals surface area contributed by atoms with Crippen molar-refractivity contribution in [1.82, 2.24) is 4.57 Å². The first-order valence-corrected chi connectivity index (χ1v) is 4.62. The first-order chi connectivity index (χ1) is 6.77. The number of benzene rings is 1. The molecule has 0 spiro atoms. The van der Waals surface area contributed by atoms with Crippen LogP contribution in [0.2, 0.25) is 0 Å². The van der Waals surface area contributed by atoms with Gasteiger partial charge >= 0.3 is 0 Å². The molecule has 0 radical (unpaired) electrons. The molecule has 1 atom stereocenters. The van der Waals surface area contributed by atoms with Crippen molar-refractivity contribution in [1.29, 1.82) is 0 Å². The Morgan fingerprint density at radius 3 is 2.36 bits per heavy atom. The van der Waals surface area contributed by atoms with Crippen molar-refractivity contribution in [3.8, 4) is 0 Å². The third-order valence-electron chi connectivity index (χ3n) is 2.29. The molecule has 2 aromatic rings. The van der Waals surface area contributed by atoms with Gasteiger partial charge in [-0.3, -0.25) is 0 Å². The highest BCUT2D eigenvalue weighted by molar-refractivity contribution is 5.27. The molecular weight excluding hydrogens is 174 g/mol. The van der Waals surface area contributed by atoms with E-state index in [1.54, 1.807) is 0 Å². The van der Waals surface area contributed by atoms with Gasteiger partial charge in [0.1, 0.15) is 6.10 Å². The predicted molar refractivity (Wildman–Crippen MR) is 55.9 cm³/mol. The van der Waals surface area contributed by atoms with Gasteiger partial charge in [0.25, 0.3) is 0 Å². The second-order valence-corrected chi connectivity index (χ2v) is 3.42. The fourth-order valence-electron chi connectivity index (χ4n) is 1.51. The first-order valence-electron chi connectivity index (χ1n) is 4.62. The van der Waals surface area contributed by atoms with Gasteiger partial charge in [-0.1, -0.05) is 30.3 Å². The second kappa shape index (κ2) is 3.68. The third kappa shape index (κ3) is 1.70. The summed E-state index contributed by atoms with van der Waals surface area (Å²) in [6, 6.07) is 11.6. The zero-order valence-corrected chi connectivity index (χ0v) is 8.09. The third-order valence-corrected chi connectivity index (χ3v) is 2.29. The molecule has 0 aliphatic rings. The maximum absolute atomic E-state index is 9.99. The Labute approximate surface area is 83.4 Å². The Hall–Kier alpha value is -1.54. The van der Waals surface area contributed by atoms with Gasteiger partial charge in [0, 0.05) is 25.0 Å². The lowest BCUT2D eigenvalue weighted by molar-refractivity contribution is 0.220. The fourth-order valence-corrected chi connectivity index (χ4v) is 1.51. The van der Waals surface area contributed by atoms with Gasteiger partial charge < -0.3 is 9.67 Å². The molecule has 0 fully saturated rings.